The molecule has 1 aromatic carbocycles. The number of hydrogen-bond acceptors (Lipinski definition) is 5. The van der Waals surface area contributed by atoms with Crippen molar-refractivity contribution < 1.29 is 9.53 Å². The van der Waals surface area contributed by atoms with Gasteiger partial charge < -0.3 is 14.6 Å². The number of methoxy groups -OCH3 is 1. The maximum Gasteiger partial charge on any atom is 0.222 e. The van der Waals surface area contributed by atoms with Crippen LogP contribution in [0.3, 0.4) is 0 Å². The van der Waals surface area contributed by atoms with Gasteiger partial charge in [0.25, 0.3) is 0 Å². The van der Waals surface area contributed by atoms with Crippen molar-refractivity contribution in [1.29, 1.82) is 0 Å². The Bertz CT molecular complexity index is 1060. The first kappa shape index (κ1) is 21.7. The number of H-pyrrole nitrogens is 1. The van der Waals surface area contributed by atoms with Crippen molar-refractivity contribution in [1.82, 2.24) is 19.9 Å². The van der Waals surface area contributed by atoms with Gasteiger partial charge in [-0.2, -0.15) is 0 Å². The first-order valence-electron chi connectivity index (χ1n) is 10.8. The van der Waals surface area contributed by atoms with Crippen LogP contribution in [0.25, 0.3) is 10.9 Å². The Hall–Kier alpha value is -2.54. The summed E-state index contributed by atoms with van der Waals surface area (Å²) < 4.78 is 5.40. The molecular formula is C24H30N4O2S. The van der Waals surface area contributed by atoms with Crippen LogP contribution in [0, 0.1) is 13.8 Å². The molecule has 164 valence electrons. The number of benzene rings is 1. The number of likely N-dealkylation sites (tertiary alicyclic amines) is 1. The van der Waals surface area contributed by atoms with Crippen LogP contribution in [-0.2, 0) is 11.2 Å². The molecule has 2 aromatic heterocycles. The highest BCUT2D eigenvalue weighted by Gasteiger charge is 2.25. The lowest BCUT2D eigenvalue weighted by Gasteiger charge is -2.32. The third-order valence-corrected chi connectivity index (χ3v) is 6.93. The number of aromatic nitrogens is 3. The SMILES string of the molecule is COc1ccc2[nH]cc(C3CCN(C(=O)CCc4c(C)nc(SC)nc4C)CC3)c2c1. The molecule has 1 fully saturated rings. The van der Waals surface area contributed by atoms with Crippen molar-refractivity contribution in [2.45, 2.75) is 50.6 Å². The zero-order chi connectivity index (χ0) is 22.0. The summed E-state index contributed by atoms with van der Waals surface area (Å²) in [6.45, 7) is 5.63. The fourth-order valence-electron chi connectivity index (χ4n) is 4.58. The normalized spacial score (nSPS) is 14.9. The van der Waals surface area contributed by atoms with Gasteiger partial charge in [-0.05, 0) is 74.6 Å². The molecule has 1 N–H and O–H groups in total. The summed E-state index contributed by atoms with van der Waals surface area (Å²) >= 11 is 1.55. The van der Waals surface area contributed by atoms with Crippen molar-refractivity contribution in [2.24, 2.45) is 0 Å². The van der Waals surface area contributed by atoms with Crippen LogP contribution in [0.2, 0.25) is 0 Å². The molecule has 1 aliphatic heterocycles. The van der Waals surface area contributed by atoms with Crippen LogP contribution in [0.15, 0.2) is 29.6 Å². The van der Waals surface area contributed by atoms with Crippen molar-refractivity contribution in [3.8, 4) is 5.75 Å². The number of nitrogens with zero attached hydrogens (tertiary/aromatic N) is 3. The highest BCUT2D eigenvalue weighted by atomic mass is 32.2. The fraction of sp³-hybridized carbons (Fsp3) is 0.458. The number of thioether (sulfide) groups is 1. The summed E-state index contributed by atoms with van der Waals surface area (Å²) in [5, 5.41) is 2.02. The molecule has 0 aliphatic carbocycles. The fourth-order valence-corrected chi connectivity index (χ4v) is 5.03. The average molecular weight is 439 g/mol. The minimum Gasteiger partial charge on any atom is -0.497 e. The van der Waals surface area contributed by atoms with Gasteiger partial charge in [0, 0.05) is 48.0 Å². The number of fused-ring (bicyclic) bond motifs is 1. The number of nitrogens with one attached hydrogen (secondary N) is 1. The minimum atomic E-state index is 0.229. The summed E-state index contributed by atoms with van der Waals surface area (Å²) in [5.41, 5.74) is 5.54. The maximum absolute atomic E-state index is 12.9. The summed E-state index contributed by atoms with van der Waals surface area (Å²) in [5.74, 6) is 1.56. The number of aryl methyl sites for hydroxylation is 2. The van der Waals surface area contributed by atoms with Crippen LogP contribution in [0.5, 0.6) is 5.75 Å². The minimum absolute atomic E-state index is 0.229. The second kappa shape index (κ2) is 9.30. The number of rotatable bonds is 6. The number of carbonyl (C=O) groups excluding carboxylic acids is 1. The topological polar surface area (TPSA) is 71.1 Å². The van der Waals surface area contributed by atoms with Gasteiger partial charge in [0.15, 0.2) is 5.16 Å². The number of hydrogen-bond donors (Lipinski definition) is 1. The monoisotopic (exact) mass is 438 g/mol. The second-order valence-electron chi connectivity index (χ2n) is 8.17. The van der Waals surface area contributed by atoms with Crippen LogP contribution in [0.1, 0.15) is 47.7 Å². The van der Waals surface area contributed by atoms with Gasteiger partial charge in [0.05, 0.1) is 7.11 Å². The van der Waals surface area contributed by atoms with E-state index in [1.54, 1.807) is 18.9 Å². The summed E-state index contributed by atoms with van der Waals surface area (Å²) in [4.78, 5) is 27.3. The smallest absolute Gasteiger partial charge is 0.222 e. The van der Waals surface area contributed by atoms with E-state index < -0.39 is 0 Å². The first-order chi connectivity index (χ1) is 15.0. The van der Waals surface area contributed by atoms with Crippen LogP contribution < -0.4 is 4.74 Å². The molecule has 3 heterocycles. The number of piperidine rings is 1. The van der Waals surface area contributed by atoms with Gasteiger partial charge in [-0.1, -0.05) is 11.8 Å². The molecule has 3 aromatic rings. The van der Waals surface area contributed by atoms with E-state index in [0.717, 1.165) is 59.3 Å². The van der Waals surface area contributed by atoms with E-state index in [0.29, 0.717) is 18.8 Å². The lowest BCUT2D eigenvalue weighted by molar-refractivity contribution is -0.132. The molecule has 31 heavy (non-hydrogen) atoms. The standard InChI is InChI=1S/C24H30N4O2S/c1-15-19(16(2)27-24(26-15)31-4)6-8-23(29)28-11-9-17(10-12-28)21-14-25-22-7-5-18(30-3)13-20(21)22/h5,7,13-14,17,25H,6,8-12H2,1-4H3. The highest BCUT2D eigenvalue weighted by Crippen LogP contribution is 2.35. The summed E-state index contributed by atoms with van der Waals surface area (Å²) in [6.07, 6.45) is 7.29. The van der Waals surface area contributed by atoms with Gasteiger partial charge >= 0.3 is 0 Å². The second-order valence-corrected chi connectivity index (χ2v) is 8.94. The molecule has 0 bridgehead atoms. The number of ether oxygens (including phenoxy) is 1. The average Bonchev–Trinajstić information content (AvgIpc) is 3.21. The largest absolute Gasteiger partial charge is 0.497 e. The Morgan fingerprint density at radius 2 is 1.94 bits per heavy atom. The number of aromatic amines is 1. The summed E-state index contributed by atoms with van der Waals surface area (Å²) in [6, 6.07) is 6.15. The Morgan fingerprint density at radius 3 is 2.58 bits per heavy atom. The van der Waals surface area contributed by atoms with Crippen LogP contribution >= 0.6 is 11.8 Å². The predicted octanol–water partition coefficient (Wildman–Crippen LogP) is 4.64. The van der Waals surface area contributed by atoms with E-state index in [1.807, 2.05) is 31.1 Å². The van der Waals surface area contributed by atoms with E-state index in [1.165, 1.54) is 10.9 Å². The molecule has 1 amide bonds. The van der Waals surface area contributed by atoms with Crippen molar-refractivity contribution in [3.63, 3.8) is 0 Å². The number of carbonyl (C=O) groups is 1. The molecule has 4 rings (SSSR count). The predicted molar refractivity (Wildman–Crippen MR) is 125 cm³/mol. The molecule has 0 spiro atoms. The van der Waals surface area contributed by atoms with Gasteiger partial charge in [0.1, 0.15) is 5.75 Å². The van der Waals surface area contributed by atoms with Gasteiger partial charge in [-0.3, -0.25) is 4.79 Å². The molecule has 6 nitrogen and oxygen atoms in total. The third-order valence-electron chi connectivity index (χ3n) is 6.38. The van der Waals surface area contributed by atoms with Gasteiger partial charge in [-0.25, -0.2) is 9.97 Å². The Balaban J connectivity index is 1.36. The van der Waals surface area contributed by atoms with E-state index in [2.05, 4.69) is 33.3 Å². The molecular weight excluding hydrogens is 408 g/mol. The van der Waals surface area contributed by atoms with Gasteiger partial charge in [-0.15, -0.1) is 0 Å². The molecule has 0 atom stereocenters. The van der Waals surface area contributed by atoms with Crippen LogP contribution in [-0.4, -0.2) is 52.2 Å². The molecule has 0 saturated carbocycles. The first-order valence-corrected chi connectivity index (χ1v) is 12.0. The van der Waals surface area contributed by atoms with E-state index >= 15 is 0 Å². The zero-order valence-corrected chi connectivity index (χ0v) is 19.5. The lowest BCUT2D eigenvalue weighted by Crippen LogP contribution is -2.38. The van der Waals surface area contributed by atoms with E-state index in [-0.39, 0.29) is 5.91 Å². The number of amides is 1. The molecule has 1 saturated heterocycles. The van der Waals surface area contributed by atoms with Gasteiger partial charge in [0.2, 0.25) is 5.91 Å². The third kappa shape index (κ3) is 4.56. The van der Waals surface area contributed by atoms with Crippen molar-refractivity contribution in [3.05, 3.63) is 46.9 Å². The van der Waals surface area contributed by atoms with Crippen molar-refractivity contribution >= 4 is 28.6 Å². The van der Waals surface area contributed by atoms with Crippen molar-refractivity contribution in [2.75, 3.05) is 26.5 Å². The molecule has 1 aliphatic rings. The molecule has 0 radical (unpaired) electrons. The highest BCUT2D eigenvalue weighted by molar-refractivity contribution is 7.98. The quantitative estimate of drug-likeness (QED) is 0.448. The maximum atomic E-state index is 12.9. The molecule has 0 unspecified atom stereocenters. The molecule has 7 heteroatoms. The Labute approximate surface area is 187 Å². The Kier molecular flexibility index (Phi) is 6.51. The lowest BCUT2D eigenvalue weighted by atomic mass is 9.89. The van der Waals surface area contributed by atoms with E-state index in [9.17, 15) is 4.79 Å². The zero-order valence-electron chi connectivity index (χ0n) is 18.7. The summed E-state index contributed by atoms with van der Waals surface area (Å²) in [7, 11) is 1.70. The van der Waals surface area contributed by atoms with Crippen LogP contribution in [0.4, 0.5) is 0 Å². The Morgan fingerprint density at radius 1 is 1.23 bits per heavy atom. The van der Waals surface area contributed by atoms with E-state index in [4.69, 9.17) is 4.74 Å².